The molecule has 134 valence electrons. The topological polar surface area (TPSA) is 67.7 Å². The number of rotatable bonds is 3. The Balaban J connectivity index is 1.73. The summed E-state index contributed by atoms with van der Waals surface area (Å²) in [7, 11) is -3.66. The third kappa shape index (κ3) is 2.91. The molecule has 1 atom stereocenters. The van der Waals surface area contributed by atoms with Crippen molar-refractivity contribution in [1.82, 2.24) is 9.21 Å². The molecule has 4 rings (SSSR count). The molecular formula is C19H20N4O2S. The molecule has 0 bridgehead atoms. The number of benzene rings is 2. The number of anilines is 1. The van der Waals surface area contributed by atoms with Crippen LogP contribution in [0.3, 0.4) is 0 Å². The predicted molar refractivity (Wildman–Crippen MR) is 99.1 cm³/mol. The van der Waals surface area contributed by atoms with Crippen molar-refractivity contribution < 1.29 is 8.42 Å². The van der Waals surface area contributed by atoms with Crippen LogP contribution in [-0.2, 0) is 23.3 Å². The second kappa shape index (κ2) is 6.63. The highest BCUT2D eigenvalue weighted by Crippen LogP contribution is 2.36. The highest BCUT2D eigenvalue weighted by molar-refractivity contribution is 7.90. The van der Waals surface area contributed by atoms with Crippen LogP contribution in [-0.4, -0.2) is 36.8 Å². The third-order valence-electron chi connectivity index (χ3n) is 5.04. The molecule has 0 amide bonds. The van der Waals surface area contributed by atoms with Crippen LogP contribution in [0, 0.1) is 11.5 Å². The van der Waals surface area contributed by atoms with Gasteiger partial charge in [0.1, 0.15) is 0 Å². The lowest BCUT2D eigenvalue weighted by molar-refractivity contribution is 0.308. The van der Waals surface area contributed by atoms with E-state index in [0.29, 0.717) is 32.6 Å². The van der Waals surface area contributed by atoms with Gasteiger partial charge in [0.05, 0.1) is 12.2 Å². The van der Waals surface area contributed by atoms with Gasteiger partial charge < -0.3 is 4.90 Å². The first-order valence-electron chi connectivity index (χ1n) is 8.65. The fourth-order valence-corrected chi connectivity index (χ4v) is 5.53. The van der Waals surface area contributed by atoms with E-state index in [9.17, 15) is 8.42 Å². The van der Waals surface area contributed by atoms with Gasteiger partial charge in [0.2, 0.25) is 0 Å². The predicted octanol–water partition coefficient (Wildman–Crippen LogP) is 2.31. The molecule has 0 radical (unpaired) electrons. The van der Waals surface area contributed by atoms with Gasteiger partial charge in [0, 0.05) is 25.7 Å². The molecule has 0 spiro atoms. The van der Waals surface area contributed by atoms with E-state index in [1.165, 1.54) is 4.31 Å². The minimum absolute atomic E-state index is 0.175. The van der Waals surface area contributed by atoms with Crippen LogP contribution < -0.4 is 4.31 Å². The normalized spacial score (nSPS) is 22.0. The molecule has 26 heavy (non-hydrogen) atoms. The SMILES string of the molecule is N#CN1CC[C@@H](N2Cc3ccccc3N(Cc3ccccc3)S2(=O)=O)C1. The van der Waals surface area contributed by atoms with E-state index < -0.39 is 10.2 Å². The van der Waals surface area contributed by atoms with Crippen molar-refractivity contribution in [2.75, 3.05) is 17.4 Å². The smallest absolute Gasteiger partial charge is 0.305 e. The average Bonchev–Trinajstić information content (AvgIpc) is 3.13. The van der Waals surface area contributed by atoms with Crippen molar-refractivity contribution in [2.45, 2.75) is 25.6 Å². The molecule has 0 N–H and O–H groups in total. The van der Waals surface area contributed by atoms with E-state index in [1.807, 2.05) is 54.6 Å². The number of likely N-dealkylation sites (tertiary alicyclic amines) is 1. The Hall–Kier alpha value is -2.56. The standard InChI is InChI=1S/C19H20N4O2S/c20-15-21-11-10-18(14-21)22-13-17-8-4-5-9-19(17)23(26(22,24)25)12-16-6-2-1-3-7-16/h1-9,18H,10-14H2/t18-/m1/s1. The molecule has 0 unspecified atom stereocenters. The van der Waals surface area contributed by atoms with Gasteiger partial charge in [0.25, 0.3) is 0 Å². The van der Waals surface area contributed by atoms with E-state index in [0.717, 1.165) is 16.8 Å². The second-order valence-corrected chi connectivity index (χ2v) is 8.47. The minimum Gasteiger partial charge on any atom is -0.309 e. The summed E-state index contributed by atoms with van der Waals surface area (Å²) >= 11 is 0. The summed E-state index contributed by atoms with van der Waals surface area (Å²) in [5.41, 5.74) is 2.68. The van der Waals surface area contributed by atoms with Crippen LogP contribution in [0.2, 0.25) is 0 Å². The van der Waals surface area contributed by atoms with E-state index in [-0.39, 0.29) is 6.04 Å². The highest BCUT2D eigenvalue weighted by Gasteiger charge is 2.42. The fourth-order valence-electron chi connectivity index (χ4n) is 3.69. The summed E-state index contributed by atoms with van der Waals surface area (Å²) in [5, 5.41) is 9.11. The zero-order valence-corrected chi connectivity index (χ0v) is 15.1. The highest BCUT2D eigenvalue weighted by atomic mass is 32.2. The summed E-state index contributed by atoms with van der Waals surface area (Å²) in [6, 6.07) is 17.1. The van der Waals surface area contributed by atoms with Gasteiger partial charge in [-0.25, -0.2) is 0 Å². The second-order valence-electron chi connectivity index (χ2n) is 6.66. The van der Waals surface area contributed by atoms with Crippen LogP contribution in [0.1, 0.15) is 17.5 Å². The lowest BCUT2D eigenvalue weighted by atomic mass is 10.1. The van der Waals surface area contributed by atoms with Crippen LogP contribution in [0.25, 0.3) is 0 Å². The molecular weight excluding hydrogens is 348 g/mol. The van der Waals surface area contributed by atoms with Gasteiger partial charge >= 0.3 is 10.2 Å². The number of hydrogen-bond acceptors (Lipinski definition) is 4. The van der Waals surface area contributed by atoms with Crippen molar-refractivity contribution in [3.05, 3.63) is 65.7 Å². The van der Waals surface area contributed by atoms with Gasteiger partial charge in [-0.3, -0.25) is 4.31 Å². The summed E-state index contributed by atoms with van der Waals surface area (Å²) in [6.45, 7) is 1.71. The molecule has 6 nitrogen and oxygen atoms in total. The first-order valence-corrected chi connectivity index (χ1v) is 10.1. The molecule has 2 aliphatic heterocycles. The van der Waals surface area contributed by atoms with Crippen molar-refractivity contribution in [3.8, 4) is 6.19 Å². The zero-order chi connectivity index (χ0) is 18.1. The van der Waals surface area contributed by atoms with E-state index in [2.05, 4.69) is 6.19 Å². The quantitative estimate of drug-likeness (QED) is 0.780. The first kappa shape index (κ1) is 16.9. The lowest BCUT2D eigenvalue weighted by Gasteiger charge is -2.39. The van der Waals surface area contributed by atoms with Crippen LogP contribution in [0.15, 0.2) is 54.6 Å². The Labute approximate surface area is 154 Å². The maximum absolute atomic E-state index is 13.4. The fraction of sp³-hybridized carbons (Fsp3) is 0.316. The molecule has 2 aromatic carbocycles. The number of nitriles is 1. The summed E-state index contributed by atoms with van der Waals surface area (Å²) in [5.74, 6) is 0. The summed E-state index contributed by atoms with van der Waals surface area (Å²) in [4.78, 5) is 1.63. The molecule has 0 aromatic heterocycles. The average molecular weight is 368 g/mol. The number of hydrogen-bond donors (Lipinski definition) is 0. The number of nitrogens with zero attached hydrogens (tertiary/aromatic N) is 4. The maximum atomic E-state index is 13.4. The third-order valence-corrected chi connectivity index (χ3v) is 6.95. The number of para-hydroxylation sites is 1. The van der Waals surface area contributed by atoms with Crippen molar-refractivity contribution in [3.63, 3.8) is 0 Å². The van der Waals surface area contributed by atoms with Gasteiger partial charge in [-0.1, -0.05) is 48.5 Å². The summed E-state index contributed by atoms with van der Waals surface area (Å²) in [6.07, 6.45) is 2.80. The van der Waals surface area contributed by atoms with Crippen LogP contribution in [0.5, 0.6) is 0 Å². The summed E-state index contributed by atoms with van der Waals surface area (Å²) < 4.78 is 29.9. The Bertz CT molecular complexity index is 940. The van der Waals surface area contributed by atoms with Crippen molar-refractivity contribution in [1.29, 1.82) is 5.26 Å². The first-order chi connectivity index (χ1) is 12.6. The monoisotopic (exact) mass is 368 g/mol. The van der Waals surface area contributed by atoms with Gasteiger partial charge in [-0.2, -0.15) is 18.0 Å². The Morgan fingerprint density at radius 3 is 2.54 bits per heavy atom. The molecule has 1 saturated heterocycles. The van der Waals surface area contributed by atoms with Crippen molar-refractivity contribution >= 4 is 15.9 Å². The van der Waals surface area contributed by atoms with E-state index in [1.54, 1.807) is 9.21 Å². The zero-order valence-electron chi connectivity index (χ0n) is 14.3. The Morgan fingerprint density at radius 1 is 1.08 bits per heavy atom. The molecule has 2 aromatic rings. The molecule has 7 heteroatoms. The maximum Gasteiger partial charge on any atom is 0.305 e. The molecule has 0 aliphatic carbocycles. The van der Waals surface area contributed by atoms with Crippen LogP contribution >= 0.6 is 0 Å². The lowest BCUT2D eigenvalue weighted by Crippen LogP contribution is -2.52. The van der Waals surface area contributed by atoms with Gasteiger partial charge in [0.15, 0.2) is 6.19 Å². The van der Waals surface area contributed by atoms with Crippen molar-refractivity contribution in [2.24, 2.45) is 0 Å². The largest absolute Gasteiger partial charge is 0.309 e. The van der Waals surface area contributed by atoms with E-state index >= 15 is 0 Å². The Kier molecular flexibility index (Phi) is 4.31. The van der Waals surface area contributed by atoms with Crippen LogP contribution in [0.4, 0.5) is 5.69 Å². The van der Waals surface area contributed by atoms with Gasteiger partial charge in [-0.05, 0) is 23.6 Å². The number of fused-ring (bicyclic) bond motifs is 1. The molecule has 1 fully saturated rings. The Morgan fingerprint density at radius 2 is 1.81 bits per heavy atom. The van der Waals surface area contributed by atoms with Gasteiger partial charge in [-0.15, -0.1) is 0 Å². The molecule has 2 heterocycles. The van der Waals surface area contributed by atoms with E-state index in [4.69, 9.17) is 5.26 Å². The molecule has 2 aliphatic rings. The minimum atomic E-state index is -3.66. The molecule has 0 saturated carbocycles.